The van der Waals surface area contributed by atoms with Crippen molar-refractivity contribution in [1.29, 1.82) is 0 Å². The first kappa shape index (κ1) is 9.31. The van der Waals surface area contributed by atoms with Crippen LogP contribution >= 0.6 is 0 Å². The molecule has 1 aliphatic heterocycles. The molecule has 70 valence electrons. The molecule has 0 radical (unpaired) electrons. The minimum Gasteiger partial charge on any atom is -0.464 e. The Balaban J connectivity index is 2.37. The molecular weight excluding hydrogens is 177 g/mol. The molecule has 1 saturated heterocycles. The van der Waals surface area contributed by atoms with Gasteiger partial charge in [-0.2, -0.15) is 13.2 Å². The average molecular weight is 184 g/mol. The highest BCUT2D eigenvalue weighted by Crippen LogP contribution is 2.38. The zero-order chi connectivity index (χ0) is 9.35. The van der Waals surface area contributed by atoms with E-state index in [0.717, 1.165) is 0 Å². The van der Waals surface area contributed by atoms with Crippen molar-refractivity contribution in [1.82, 2.24) is 0 Å². The van der Waals surface area contributed by atoms with E-state index in [4.69, 9.17) is 0 Å². The van der Waals surface area contributed by atoms with E-state index >= 15 is 0 Å². The summed E-state index contributed by atoms with van der Waals surface area (Å²) in [6, 6.07) is 0. The van der Waals surface area contributed by atoms with Crippen LogP contribution in [-0.4, -0.2) is 31.0 Å². The van der Waals surface area contributed by atoms with Crippen LogP contribution in [0, 0.1) is 0 Å². The van der Waals surface area contributed by atoms with Crippen molar-refractivity contribution in [2.45, 2.75) is 25.3 Å². The maximum atomic E-state index is 11.8. The molecule has 0 bridgehead atoms. The zero-order valence-electron chi connectivity index (χ0n) is 6.22. The van der Waals surface area contributed by atoms with Crippen LogP contribution < -0.4 is 0 Å². The van der Waals surface area contributed by atoms with E-state index in [1.165, 1.54) is 6.92 Å². The van der Waals surface area contributed by atoms with E-state index < -0.39 is 24.4 Å². The summed E-state index contributed by atoms with van der Waals surface area (Å²) in [6.07, 6.45) is -7.86. The summed E-state index contributed by atoms with van der Waals surface area (Å²) in [5.41, 5.74) is 0. The smallest absolute Gasteiger partial charge is 0.417 e. The van der Waals surface area contributed by atoms with Gasteiger partial charge < -0.3 is 9.47 Å². The molecule has 1 heterocycles. The molecule has 2 atom stereocenters. The lowest BCUT2D eigenvalue weighted by molar-refractivity contribution is -0.150. The first-order valence-corrected chi connectivity index (χ1v) is 3.35. The lowest BCUT2D eigenvalue weighted by Gasteiger charge is -2.00. The molecule has 3 nitrogen and oxygen atoms in total. The van der Waals surface area contributed by atoms with Gasteiger partial charge in [-0.25, -0.2) is 4.79 Å². The van der Waals surface area contributed by atoms with Crippen LogP contribution in [0.25, 0.3) is 0 Å². The number of carbonyl (C=O) groups excluding carboxylic acids is 1. The molecule has 0 aromatic heterocycles. The number of hydrogen-bond donors (Lipinski definition) is 0. The van der Waals surface area contributed by atoms with E-state index in [9.17, 15) is 18.0 Å². The monoisotopic (exact) mass is 184 g/mol. The Bertz CT molecular complexity index is 189. The Hall–Kier alpha value is -0.780. The van der Waals surface area contributed by atoms with Crippen LogP contribution in [0.15, 0.2) is 0 Å². The standard InChI is InChI=1S/C6H7F3O3/c1-2-11-5(10)3-4(12-3)6(7,8)9/h3-4H,2H2,1H3. The van der Waals surface area contributed by atoms with Crippen LogP contribution in [0.2, 0.25) is 0 Å². The van der Waals surface area contributed by atoms with Gasteiger partial charge in [-0.05, 0) is 6.92 Å². The fourth-order valence-electron chi connectivity index (χ4n) is 0.765. The van der Waals surface area contributed by atoms with Crippen molar-refractivity contribution in [2.24, 2.45) is 0 Å². The predicted octanol–water partition coefficient (Wildman–Crippen LogP) is 0.879. The van der Waals surface area contributed by atoms with Crippen molar-refractivity contribution in [3.8, 4) is 0 Å². The molecule has 6 heteroatoms. The highest BCUT2D eigenvalue weighted by Gasteiger charge is 2.62. The molecule has 12 heavy (non-hydrogen) atoms. The summed E-state index contributed by atoms with van der Waals surface area (Å²) >= 11 is 0. The minimum atomic E-state index is -4.46. The van der Waals surface area contributed by atoms with Crippen molar-refractivity contribution in [3.05, 3.63) is 0 Å². The van der Waals surface area contributed by atoms with Gasteiger partial charge in [0, 0.05) is 0 Å². The van der Waals surface area contributed by atoms with Gasteiger partial charge in [0.15, 0.2) is 12.2 Å². The molecule has 1 fully saturated rings. The van der Waals surface area contributed by atoms with Crippen LogP contribution in [-0.2, 0) is 14.3 Å². The third-order valence-electron chi connectivity index (χ3n) is 1.33. The number of esters is 1. The van der Waals surface area contributed by atoms with E-state index in [1.54, 1.807) is 0 Å². The first-order valence-electron chi connectivity index (χ1n) is 3.35. The van der Waals surface area contributed by atoms with Crippen LogP contribution in [0.5, 0.6) is 0 Å². The summed E-state index contributed by atoms with van der Waals surface area (Å²) in [5.74, 6) is -0.945. The second kappa shape index (κ2) is 2.93. The number of rotatable bonds is 2. The van der Waals surface area contributed by atoms with Crippen molar-refractivity contribution < 1.29 is 27.4 Å². The molecule has 1 rings (SSSR count). The van der Waals surface area contributed by atoms with Crippen LogP contribution in [0.4, 0.5) is 13.2 Å². The number of ether oxygens (including phenoxy) is 2. The van der Waals surface area contributed by atoms with Gasteiger partial charge in [0.2, 0.25) is 0 Å². The fourth-order valence-corrected chi connectivity index (χ4v) is 0.765. The maximum absolute atomic E-state index is 11.8. The van der Waals surface area contributed by atoms with E-state index in [0.29, 0.717) is 0 Å². The van der Waals surface area contributed by atoms with Gasteiger partial charge in [-0.1, -0.05) is 0 Å². The quantitative estimate of drug-likeness (QED) is 0.472. The molecule has 0 spiro atoms. The van der Waals surface area contributed by atoms with Gasteiger partial charge >= 0.3 is 12.1 Å². The largest absolute Gasteiger partial charge is 0.464 e. The number of hydrogen-bond acceptors (Lipinski definition) is 3. The van der Waals surface area contributed by atoms with Crippen LogP contribution in [0.1, 0.15) is 6.92 Å². The normalized spacial score (nSPS) is 28.3. The second-order valence-corrected chi connectivity index (χ2v) is 2.27. The van der Waals surface area contributed by atoms with Crippen molar-refractivity contribution in [3.63, 3.8) is 0 Å². The number of carbonyl (C=O) groups is 1. The third kappa shape index (κ3) is 1.88. The maximum Gasteiger partial charge on any atom is 0.417 e. The molecule has 0 saturated carbocycles. The zero-order valence-corrected chi connectivity index (χ0v) is 6.22. The van der Waals surface area contributed by atoms with Crippen molar-refractivity contribution >= 4 is 5.97 Å². The summed E-state index contributed by atoms with van der Waals surface area (Å²) in [7, 11) is 0. The molecule has 0 amide bonds. The topological polar surface area (TPSA) is 38.8 Å². The van der Waals surface area contributed by atoms with Gasteiger partial charge in [-0.3, -0.25) is 0 Å². The first-order chi connectivity index (χ1) is 5.46. The highest BCUT2D eigenvalue weighted by molar-refractivity contribution is 5.78. The molecule has 0 aliphatic carbocycles. The summed E-state index contributed by atoms with van der Waals surface area (Å²) < 4.78 is 43.7. The number of alkyl halides is 3. The average Bonchev–Trinajstić information content (AvgIpc) is 2.62. The third-order valence-corrected chi connectivity index (χ3v) is 1.33. The highest BCUT2D eigenvalue weighted by atomic mass is 19.4. The van der Waals surface area contributed by atoms with E-state index in [1.807, 2.05) is 0 Å². The molecule has 0 aromatic carbocycles. The molecule has 2 unspecified atom stereocenters. The molecule has 0 N–H and O–H groups in total. The molecule has 1 aliphatic rings. The Kier molecular flexibility index (Phi) is 2.27. The fraction of sp³-hybridized carbons (Fsp3) is 0.833. The lowest BCUT2D eigenvalue weighted by atomic mass is 10.3. The lowest BCUT2D eigenvalue weighted by Crippen LogP contribution is -2.23. The Morgan fingerprint density at radius 1 is 1.58 bits per heavy atom. The van der Waals surface area contributed by atoms with Crippen LogP contribution in [0.3, 0.4) is 0 Å². The molecule has 0 aromatic rings. The molecular formula is C6H7F3O3. The van der Waals surface area contributed by atoms with Crippen molar-refractivity contribution in [2.75, 3.05) is 6.61 Å². The number of halogens is 3. The predicted molar refractivity (Wildman–Crippen MR) is 31.3 cm³/mol. The SMILES string of the molecule is CCOC(=O)C1OC1C(F)(F)F. The van der Waals surface area contributed by atoms with Gasteiger partial charge in [0.25, 0.3) is 0 Å². The summed E-state index contributed by atoms with van der Waals surface area (Å²) in [5, 5.41) is 0. The minimum absolute atomic E-state index is 0.0588. The number of epoxide rings is 1. The Morgan fingerprint density at radius 2 is 2.17 bits per heavy atom. The van der Waals surface area contributed by atoms with Gasteiger partial charge in [0.1, 0.15) is 0 Å². The Morgan fingerprint density at radius 3 is 2.50 bits per heavy atom. The summed E-state index contributed by atoms with van der Waals surface area (Å²) in [6.45, 7) is 1.58. The van der Waals surface area contributed by atoms with Gasteiger partial charge in [-0.15, -0.1) is 0 Å². The van der Waals surface area contributed by atoms with Gasteiger partial charge in [0.05, 0.1) is 6.61 Å². The Labute approximate surface area is 66.4 Å². The second-order valence-electron chi connectivity index (χ2n) is 2.27. The van der Waals surface area contributed by atoms with E-state index in [2.05, 4.69) is 9.47 Å². The van der Waals surface area contributed by atoms with E-state index in [-0.39, 0.29) is 6.61 Å². The summed E-state index contributed by atoms with van der Waals surface area (Å²) in [4.78, 5) is 10.6.